The van der Waals surface area contributed by atoms with E-state index >= 15 is 0 Å². The summed E-state index contributed by atoms with van der Waals surface area (Å²) < 4.78 is 5.62. The molecule has 1 aromatic heterocycles. The Labute approximate surface area is 110 Å². The van der Waals surface area contributed by atoms with E-state index in [4.69, 9.17) is 22.1 Å². The lowest BCUT2D eigenvalue weighted by molar-refractivity contribution is 0.100. The van der Waals surface area contributed by atoms with Gasteiger partial charge in [0.25, 0.3) is 0 Å². The van der Waals surface area contributed by atoms with Crippen molar-refractivity contribution in [1.29, 1.82) is 0 Å². The van der Waals surface area contributed by atoms with Gasteiger partial charge in [-0.25, -0.2) is 0 Å². The van der Waals surface area contributed by atoms with E-state index in [1.807, 2.05) is 0 Å². The van der Waals surface area contributed by atoms with E-state index in [1.54, 1.807) is 44.3 Å². The van der Waals surface area contributed by atoms with E-state index in [0.29, 0.717) is 16.8 Å². The number of aromatic nitrogens is 1. The quantitative estimate of drug-likeness (QED) is 0.867. The molecule has 0 bridgehead atoms. The molecule has 1 amide bonds. The van der Waals surface area contributed by atoms with Gasteiger partial charge in [-0.3, -0.25) is 9.78 Å². The maximum Gasteiger partial charge on any atom is 0.248 e. The molecule has 2 N–H and O–H groups in total. The molecule has 0 radical (unpaired) electrons. The SMILES string of the molecule is CC(C)(Cl)Oc1ccnc2cc(C(N)=O)ccc12. The van der Waals surface area contributed by atoms with Crippen molar-refractivity contribution in [3.63, 3.8) is 0 Å². The summed E-state index contributed by atoms with van der Waals surface area (Å²) in [5.74, 6) is 0.138. The highest BCUT2D eigenvalue weighted by Crippen LogP contribution is 2.29. The summed E-state index contributed by atoms with van der Waals surface area (Å²) in [5, 5.41) is -0.0207. The number of primary amides is 1. The van der Waals surface area contributed by atoms with E-state index < -0.39 is 11.0 Å². The monoisotopic (exact) mass is 264 g/mol. The Morgan fingerprint density at radius 1 is 1.39 bits per heavy atom. The lowest BCUT2D eigenvalue weighted by atomic mass is 10.1. The topological polar surface area (TPSA) is 65.2 Å². The molecule has 18 heavy (non-hydrogen) atoms. The molecule has 0 aliphatic carbocycles. The predicted octanol–water partition coefficient (Wildman–Crippen LogP) is 2.69. The van der Waals surface area contributed by atoms with Gasteiger partial charge in [-0.15, -0.1) is 0 Å². The second-order valence-electron chi connectivity index (χ2n) is 4.37. The standard InChI is InChI=1S/C13H13ClN2O2/c1-13(2,14)18-11-5-6-16-10-7-8(12(15)17)3-4-9(10)11/h3-7H,1-2H3,(H2,15,17). The van der Waals surface area contributed by atoms with Gasteiger partial charge in [-0.05, 0) is 38.1 Å². The maximum atomic E-state index is 11.1. The first-order valence-corrected chi connectivity index (χ1v) is 5.81. The minimum atomic E-state index is -0.809. The molecule has 1 heterocycles. The third kappa shape index (κ3) is 2.71. The zero-order valence-corrected chi connectivity index (χ0v) is 10.9. The first-order valence-electron chi connectivity index (χ1n) is 5.43. The summed E-state index contributed by atoms with van der Waals surface area (Å²) in [4.78, 5) is 15.3. The molecular formula is C13H13ClN2O2. The summed E-state index contributed by atoms with van der Waals surface area (Å²) in [6.07, 6.45) is 1.60. The van der Waals surface area contributed by atoms with Crippen LogP contribution in [0.1, 0.15) is 24.2 Å². The third-order valence-electron chi connectivity index (χ3n) is 2.34. The molecule has 2 aromatic rings. The van der Waals surface area contributed by atoms with Crippen LogP contribution in [0.5, 0.6) is 5.75 Å². The van der Waals surface area contributed by atoms with E-state index in [9.17, 15) is 4.79 Å². The molecule has 2 rings (SSSR count). The maximum absolute atomic E-state index is 11.1. The molecule has 0 saturated heterocycles. The molecule has 0 aliphatic rings. The Balaban J connectivity index is 2.54. The second-order valence-corrected chi connectivity index (χ2v) is 5.28. The highest BCUT2D eigenvalue weighted by molar-refractivity contribution is 6.22. The van der Waals surface area contributed by atoms with Crippen LogP contribution in [0.25, 0.3) is 10.9 Å². The number of carbonyl (C=O) groups excluding carboxylic acids is 1. The van der Waals surface area contributed by atoms with Crippen molar-refractivity contribution < 1.29 is 9.53 Å². The molecular weight excluding hydrogens is 252 g/mol. The molecule has 1 aromatic carbocycles. The van der Waals surface area contributed by atoms with Crippen LogP contribution < -0.4 is 10.5 Å². The Kier molecular flexibility index (Phi) is 3.13. The van der Waals surface area contributed by atoms with Crippen LogP contribution in [-0.2, 0) is 0 Å². The zero-order valence-electron chi connectivity index (χ0n) is 10.1. The van der Waals surface area contributed by atoms with Crippen LogP contribution >= 0.6 is 11.6 Å². The Morgan fingerprint density at radius 2 is 2.11 bits per heavy atom. The summed E-state index contributed by atoms with van der Waals surface area (Å²) in [6.45, 7) is 3.50. The number of nitrogens with two attached hydrogens (primary N) is 1. The Hall–Kier alpha value is -1.81. The highest BCUT2D eigenvalue weighted by atomic mass is 35.5. The number of nitrogens with zero attached hydrogens (tertiary/aromatic N) is 1. The highest BCUT2D eigenvalue weighted by Gasteiger charge is 2.16. The Morgan fingerprint density at radius 3 is 2.72 bits per heavy atom. The molecule has 0 fully saturated rings. The molecule has 0 saturated carbocycles. The molecule has 4 nitrogen and oxygen atoms in total. The summed E-state index contributed by atoms with van der Waals surface area (Å²) in [7, 11) is 0. The second kappa shape index (κ2) is 4.46. The van der Waals surface area contributed by atoms with Crippen LogP contribution in [0.2, 0.25) is 0 Å². The molecule has 0 aliphatic heterocycles. The number of pyridine rings is 1. The van der Waals surface area contributed by atoms with Gasteiger partial charge in [0.2, 0.25) is 5.91 Å². The van der Waals surface area contributed by atoms with Crippen LogP contribution in [0, 0.1) is 0 Å². The smallest absolute Gasteiger partial charge is 0.248 e. The minimum absolute atomic E-state index is 0.414. The van der Waals surface area contributed by atoms with Gasteiger partial charge < -0.3 is 10.5 Å². The number of carbonyl (C=O) groups is 1. The minimum Gasteiger partial charge on any atom is -0.472 e. The van der Waals surface area contributed by atoms with Crippen molar-refractivity contribution in [2.45, 2.75) is 18.9 Å². The largest absolute Gasteiger partial charge is 0.472 e. The summed E-state index contributed by atoms with van der Waals surface area (Å²) >= 11 is 6.03. The number of hydrogen-bond donors (Lipinski definition) is 1. The lowest BCUT2D eigenvalue weighted by Gasteiger charge is -2.19. The molecule has 5 heteroatoms. The molecule has 0 unspecified atom stereocenters. The number of hydrogen-bond acceptors (Lipinski definition) is 3. The van der Waals surface area contributed by atoms with E-state index in [2.05, 4.69) is 4.98 Å². The van der Waals surface area contributed by atoms with Gasteiger partial charge in [0.15, 0.2) is 5.06 Å². The molecule has 94 valence electrons. The van der Waals surface area contributed by atoms with Gasteiger partial charge >= 0.3 is 0 Å². The van der Waals surface area contributed by atoms with E-state index in [1.165, 1.54) is 0 Å². The van der Waals surface area contributed by atoms with Crippen LogP contribution in [0.3, 0.4) is 0 Å². The number of fused-ring (bicyclic) bond motifs is 1. The fourth-order valence-corrected chi connectivity index (χ4v) is 1.71. The molecule has 0 atom stereocenters. The number of benzene rings is 1. The fourth-order valence-electron chi connectivity index (χ4n) is 1.63. The average molecular weight is 265 g/mol. The van der Waals surface area contributed by atoms with Gasteiger partial charge in [-0.1, -0.05) is 11.6 Å². The average Bonchev–Trinajstić information content (AvgIpc) is 2.26. The van der Waals surface area contributed by atoms with Crippen LogP contribution in [0.15, 0.2) is 30.5 Å². The summed E-state index contributed by atoms with van der Waals surface area (Å²) in [6, 6.07) is 6.75. The number of alkyl halides is 1. The number of amides is 1. The van der Waals surface area contributed by atoms with Gasteiger partial charge in [0.05, 0.1) is 5.52 Å². The first kappa shape index (κ1) is 12.6. The van der Waals surface area contributed by atoms with E-state index in [0.717, 1.165) is 5.39 Å². The van der Waals surface area contributed by atoms with Gasteiger partial charge in [-0.2, -0.15) is 0 Å². The number of rotatable bonds is 3. The first-order chi connectivity index (χ1) is 8.37. The normalized spacial score (nSPS) is 11.5. The Bertz CT molecular complexity index is 605. The summed E-state index contributed by atoms with van der Waals surface area (Å²) in [5.41, 5.74) is 6.28. The van der Waals surface area contributed by atoms with Crippen molar-refractivity contribution in [3.05, 3.63) is 36.0 Å². The third-order valence-corrected chi connectivity index (χ3v) is 2.42. The lowest BCUT2D eigenvalue weighted by Crippen LogP contribution is -2.19. The van der Waals surface area contributed by atoms with Gasteiger partial charge in [0, 0.05) is 17.1 Å². The van der Waals surface area contributed by atoms with Crippen molar-refractivity contribution in [2.24, 2.45) is 5.73 Å². The fraction of sp³-hybridized carbons (Fsp3) is 0.231. The number of halogens is 1. The van der Waals surface area contributed by atoms with Crippen molar-refractivity contribution in [2.75, 3.05) is 0 Å². The van der Waals surface area contributed by atoms with Crippen LogP contribution in [-0.4, -0.2) is 16.0 Å². The van der Waals surface area contributed by atoms with Crippen molar-refractivity contribution in [3.8, 4) is 5.75 Å². The molecule has 0 spiro atoms. The van der Waals surface area contributed by atoms with Crippen molar-refractivity contribution >= 4 is 28.4 Å². The van der Waals surface area contributed by atoms with E-state index in [-0.39, 0.29) is 0 Å². The predicted molar refractivity (Wildman–Crippen MR) is 70.8 cm³/mol. The zero-order chi connectivity index (χ0) is 13.3. The van der Waals surface area contributed by atoms with Crippen molar-refractivity contribution in [1.82, 2.24) is 4.98 Å². The number of ether oxygens (including phenoxy) is 1. The van der Waals surface area contributed by atoms with Crippen LogP contribution in [0.4, 0.5) is 0 Å². The van der Waals surface area contributed by atoms with Gasteiger partial charge in [0.1, 0.15) is 5.75 Å².